The van der Waals surface area contributed by atoms with Gasteiger partial charge in [-0.2, -0.15) is 4.98 Å². The van der Waals surface area contributed by atoms with Crippen LogP contribution in [0.25, 0.3) is 16.9 Å². The fourth-order valence-electron chi connectivity index (χ4n) is 3.97. The van der Waals surface area contributed by atoms with Crippen molar-refractivity contribution >= 4 is 40.3 Å². The lowest BCUT2D eigenvalue weighted by Gasteiger charge is -2.07. The predicted octanol–water partition coefficient (Wildman–Crippen LogP) is 3.32. The number of imidazole rings is 1. The molecule has 0 bridgehead atoms. The van der Waals surface area contributed by atoms with Gasteiger partial charge in [-0.1, -0.05) is 37.6 Å². The van der Waals surface area contributed by atoms with E-state index in [9.17, 15) is 9.59 Å². The summed E-state index contributed by atoms with van der Waals surface area (Å²) in [5, 5.41) is 6.22. The van der Waals surface area contributed by atoms with Gasteiger partial charge in [0.2, 0.25) is 5.16 Å². The average Bonchev–Trinajstić information content (AvgIpc) is 3.43. The van der Waals surface area contributed by atoms with Gasteiger partial charge in [-0.05, 0) is 55.3 Å². The van der Waals surface area contributed by atoms with Gasteiger partial charge in [0.15, 0.2) is 16.3 Å². The molecule has 180 valence electrons. The smallest absolute Gasteiger partial charge is 0.313 e. The Balaban J connectivity index is 1.62. The van der Waals surface area contributed by atoms with Crippen molar-refractivity contribution in [3.05, 3.63) is 73.1 Å². The molecule has 5 aromatic rings. The largest absolute Gasteiger partial charge is 0.330 e. The van der Waals surface area contributed by atoms with Crippen LogP contribution in [0.1, 0.15) is 37.7 Å². The zero-order chi connectivity index (χ0) is 24.7. The number of nitrogens with zero attached hydrogens (tertiary/aromatic N) is 7. The van der Waals surface area contributed by atoms with Gasteiger partial charge < -0.3 is 4.57 Å². The highest BCUT2D eigenvalue weighted by Gasteiger charge is 2.21. The van der Waals surface area contributed by atoms with Crippen molar-refractivity contribution in [1.29, 1.82) is 0 Å². The zero-order valence-electron chi connectivity index (χ0n) is 19.4. The van der Waals surface area contributed by atoms with Gasteiger partial charge >= 0.3 is 5.69 Å². The summed E-state index contributed by atoms with van der Waals surface area (Å²) in [6.07, 6.45) is 1.59. The second-order valence-corrected chi connectivity index (χ2v) is 9.31. The summed E-state index contributed by atoms with van der Waals surface area (Å²) in [6, 6.07) is 9.22. The average molecular weight is 511 g/mol. The Labute approximate surface area is 209 Å². The third-order valence-corrected chi connectivity index (χ3v) is 6.85. The standard InChI is InChI=1S/C23H23ClN8O2S/c1-4-15-11-16(5-2)32-20(25-15)28-21(29-32)35-23-26-18-17(30(23)6-3)19(33)27-22(34)31(18)12-13-7-9-14(24)10-8-13/h7-11H,4-6,12H2,1-3H3,(H,27,33,34). The van der Waals surface area contributed by atoms with E-state index in [1.54, 1.807) is 21.2 Å². The van der Waals surface area contributed by atoms with E-state index < -0.39 is 11.2 Å². The molecular formula is C23H23ClN8O2S. The summed E-state index contributed by atoms with van der Waals surface area (Å²) < 4.78 is 4.97. The van der Waals surface area contributed by atoms with Gasteiger partial charge in [0.25, 0.3) is 11.3 Å². The van der Waals surface area contributed by atoms with Gasteiger partial charge in [0, 0.05) is 23.0 Å². The van der Waals surface area contributed by atoms with Crippen molar-refractivity contribution in [1.82, 2.24) is 38.7 Å². The second kappa shape index (κ2) is 9.31. The van der Waals surface area contributed by atoms with E-state index in [0.717, 1.165) is 29.8 Å². The summed E-state index contributed by atoms with van der Waals surface area (Å²) in [4.78, 5) is 41.8. The third-order valence-electron chi connectivity index (χ3n) is 5.75. The molecule has 1 aromatic carbocycles. The van der Waals surface area contributed by atoms with E-state index in [2.05, 4.69) is 33.9 Å². The Morgan fingerprint density at radius 1 is 1.00 bits per heavy atom. The first-order valence-electron chi connectivity index (χ1n) is 11.3. The second-order valence-electron chi connectivity index (χ2n) is 7.94. The maximum atomic E-state index is 12.8. The Kier molecular flexibility index (Phi) is 6.20. The number of aromatic nitrogens is 8. The van der Waals surface area contributed by atoms with Crippen molar-refractivity contribution in [2.75, 3.05) is 0 Å². The first-order chi connectivity index (χ1) is 16.9. The Morgan fingerprint density at radius 3 is 2.46 bits per heavy atom. The summed E-state index contributed by atoms with van der Waals surface area (Å²) in [5.74, 6) is 0.528. The molecule has 0 spiro atoms. The normalized spacial score (nSPS) is 11.7. The first-order valence-corrected chi connectivity index (χ1v) is 12.5. The van der Waals surface area contributed by atoms with Crippen LogP contribution in [-0.2, 0) is 25.9 Å². The van der Waals surface area contributed by atoms with Gasteiger partial charge in [0.05, 0.1) is 6.54 Å². The van der Waals surface area contributed by atoms with E-state index in [1.807, 2.05) is 25.1 Å². The van der Waals surface area contributed by atoms with Crippen LogP contribution in [0.3, 0.4) is 0 Å². The summed E-state index contributed by atoms with van der Waals surface area (Å²) in [6.45, 7) is 6.75. The molecule has 5 rings (SSSR count). The SMILES string of the molecule is CCc1cc(CC)n2nc(Sc3nc4c(c(=O)[nH]c(=O)n4Cc4ccc(Cl)cc4)n3CC)nc2n1. The summed E-state index contributed by atoms with van der Waals surface area (Å²) >= 11 is 7.23. The molecule has 0 atom stereocenters. The molecule has 12 heteroatoms. The molecule has 0 aliphatic heterocycles. The van der Waals surface area contributed by atoms with Gasteiger partial charge in [-0.25, -0.2) is 19.3 Å². The minimum Gasteiger partial charge on any atom is -0.313 e. The lowest BCUT2D eigenvalue weighted by Crippen LogP contribution is -2.31. The molecule has 0 amide bonds. The fourth-order valence-corrected chi connectivity index (χ4v) is 4.97. The maximum absolute atomic E-state index is 12.8. The lowest BCUT2D eigenvalue weighted by atomic mass is 10.2. The van der Waals surface area contributed by atoms with Crippen LogP contribution in [0.15, 0.2) is 50.2 Å². The minimum absolute atomic E-state index is 0.240. The molecule has 0 aliphatic carbocycles. The van der Waals surface area contributed by atoms with Crippen molar-refractivity contribution in [2.24, 2.45) is 0 Å². The Morgan fingerprint density at radius 2 is 1.77 bits per heavy atom. The minimum atomic E-state index is -0.524. The monoisotopic (exact) mass is 510 g/mol. The molecule has 0 saturated heterocycles. The predicted molar refractivity (Wildman–Crippen MR) is 135 cm³/mol. The lowest BCUT2D eigenvalue weighted by molar-refractivity contribution is 0.697. The number of halogens is 1. The van der Waals surface area contributed by atoms with E-state index in [0.29, 0.717) is 38.8 Å². The van der Waals surface area contributed by atoms with E-state index in [1.165, 1.54) is 16.3 Å². The molecule has 0 radical (unpaired) electrons. The number of benzene rings is 1. The van der Waals surface area contributed by atoms with Crippen LogP contribution in [0, 0.1) is 0 Å². The van der Waals surface area contributed by atoms with Crippen LogP contribution in [-0.4, -0.2) is 38.7 Å². The zero-order valence-corrected chi connectivity index (χ0v) is 21.0. The number of aryl methyl sites for hydroxylation is 3. The molecular weight excluding hydrogens is 488 g/mol. The summed E-state index contributed by atoms with van der Waals surface area (Å²) in [7, 11) is 0. The molecule has 0 saturated carbocycles. The highest BCUT2D eigenvalue weighted by Crippen LogP contribution is 2.27. The van der Waals surface area contributed by atoms with E-state index in [4.69, 9.17) is 16.6 Å². The summed E-state index contributed by atoms with van der Waals surface area (Å²) in [5.41, 5.74) is 2.46. The molecule has 1 N–H and O–H groups in total. The molecule has 0 aliphatic rings. The van der Waals surface area contributed by atoms with E-state index in [-0.39, 0.29) is 6.54 Å². The molecule has 4 aromatic heterocycles. The topological polar surface area (TPSA) is 116 Å². The highest BCUT2D eigenvalue weighted by atomic mass is 35.5. The number of hydrogen-bond acceptors (Lipinski definition) is 7. The highest BCUT2D eigenvalue weighted by molar-refractivity contribution is 7.99. The first kappa shape index (κ1) is 23.3. The van der Waals surface area contributed by atoms with Gasteiger partial charge in [0.1, 0.15) is 0 Å². The maximum Gasteiger partial charge on any atom is 0.330 e. The van der Waals surface area contributed by atoms with Crippen LogP contribution < -0.4 is 11.2 Å². The Bertz CT molecular complexity index is 1670. The van der Waals surface area contributed by atoms with Gasteiger partial charge in [-0.15, -0.1) is 5.10 Å². The molecule has 10 nitrogen and oxygen atoms in total. The molecule has 0 fully saturated rings. The number of hydrogen-bond donors (Lipinski definition) is 1. The van der Waals surface area contributed by atoms with Crippen molar-refractivity contribution in [2.45, 2.75) is 57.0 Å². The number of fused-ring (bicyclic) bond motifs is 2. The van der Waals surface area contributed by atoms with Crippen molar-refractivity contribution in [3.63, 3.8) is 0 Å². The molecule has 0 unspecified atom stereocenters. The van der Waals surface area contributed by atoms with Crippen LogP contribution in [0.5, 0.6) is 0 Å². The van der Waals surface area contributed by atoms with Gasteiger partial charge in [-0.3, -0.25) is 14.3 Å². The quantitative estimate of drug-likeness (QED) is 0.357. The fraction of sp³-hybridized carbons (Fsp3) is 0.304. The Hall–Kier alpha value is -3.44. The molecule has 4 heterocycles. The number of aromatic amines is 1. The molecule has 35 heavy (non-hydrogen) atoms. The van der Waals surface area contributed by atoms with Crippen molar-refractivity contribution < 1.29 is 0 Å². The number of H-pyrrole nitrogens is 1. The van der Waals surface area contributed by atoms with Crippen molar-refractivity contribution in [3.8, 4) is 0 Å². The number of rotatable bonds is 7. The van der Waals surface area contributed by atoms with E-state index >= 15 is 0 Å². The third kappa shape index (κ3) is 4.25. The van der Waals surface area contributed by atoms with Crippen LogP contribution in [0.2, 0.25) is 5.02 Å². The van der Waals surface area contributed by atoms with Crippen LogP contribution in [0.4, 0.5) is 0 Å². The van der Waals surface area contributed by atoms with Crippen LogP contribution >= 0.6 is 23.4 Å². The number of nitrogens with one attached hydrogen (secondary N) is 1.